The van der Waals surface area contributed by atoms with Crippen LogP contribution in [0.3, 0.4) is 0 Å². The number of nitrogens with one attached hydrogen (secondary N) is 2. The standard InChI is InChI=1S/C24H27BN3O10P/c1-13(29)28-11-3-6-18(28)22(30)27-20(14-7-9-16(10-8-14)38-39(35)36)23(31)26-19-12-15-4-2-5-17(24(32)33)21(15)37-25(19)34/h2,4-5,7-10,18-20,34-36H,3,6,11-12H2,1H3,(H,26,31)(H,27,30)(H,32,33)/t18-,19-,20?/m0/s1. The molecular formula is C24H27BN3O10P. The van der Waals surface area contributed by atoms with Crippen LogP contribution in [0.4, 0.5) is 0 Å². The lowest BCUT2D eigenvalue weighted by atomic mass is 9.72. The fourth-order valence-electron chi connectivity index (χ4n) is 4.75. The summed E-state index contributed by atoms with van der Waals surface area (Å²) in [5.74, 6) is -3.54. The van der Waals surface area contributed by atoms with E-state index in [1.807, 2.05) is 0 Å². The molecule has 13 nitrogen and oxygen atoms in total. The van der Waals surface area contributed by atoms with Gasteiger partial charge in [0.25, 0.3) is 0 Å². The number of carboxylic acids is 1. The largest absolute Gasteiger partial charge is 0.547 e. The maximum absolute atomic E-state index is 13.5. The summed E-state index contributed by atoms with van der Waals surface area (Å²) in [6.07, 6.45) is 1.13. The number of hydrogen-bond donors (Lipinski definition) is 6. The molecule has 2 aromatic rings. The van der Waals surface area contributed by atoms with Crippen molar-refractivity contribution in [2.75, 3.05) is 6.54 Å². The number of para-hydroxylation sites is 1. The lowest BCUT2D eigenvalue weighted by Crippen LogP contribution is -2.56. The molecule has 15 heteroatoms. The van der Waals surface area contributed by atoms with Gasteiger partial charge in [0.2, 0.25) is 17.7 Å². The summed E-state index contributed by atoms with van der Waals surface area (Å²) in [7, 11) is -4.22. The molecule has 0 aliphatic carbocycles. The van der Waals surface area contributed by atoms with Gasteiger partial charge in [-0.05, 0) is 48.6 Å². The molecule has 0 saturated carbocycles. The first-order chi connectivity index (χ1) is 18.5. The number of benzene rings is 2. The number of nitrogens with zero attached hydrogens (tertiary/aromatic N) is 1. The first-order valence-corrected chi connectivity index (χ1v) is 13.3. The van der Waals surface area contributed by atoms with E-state index in [4.69, 9.17) is 19.0 Å². The molecular weight excluding hydrogens is 532 g/mol. The molecule has 1 unspecified atom stereocenters. The summed E-state index contributed by atoms with van der Waals surface area (Å²) in [5.41, 5.74) is 0.672. The third-order valence-corrected chi connectivity index (χ3v) is 6.96. The van der Waals surface area contributed by atoms with Crippen molar-refractivity contribution in [3.05, 3.63) is 59.2 Å². The third-order valence-electron chi connectivity index (χ3n) is 6.59. The summed E-state index contributed by atoms with van der Waals surface area (Å²) in [6, 6.07) is 8.18. The zero-order valence-electron chi connectivity index (χ0n) is 20.8. The Labute approximate surface area is 224 Å². The minimum Gasteiger partial charge on any atom is -0.534 e. The quantitative estimate of drug-likeness (QED) is 0.193. The van der Waals surface area contributed by atoms with Crippen LogP contribution >= 0.6 is 8.60 Å². The van der Waals surface area contributed by atoms with Gasteiger partial charge in [-0.1, -0.05) is 24.3 Å². The second kappa shape index (κ2) is 12.0. The first kappa shape index (κ1) is 28.3. The zero-order valence-corrected chi connectivity index (χ0v) is 21.7. The van der Waals surface area contributed by atoms with Crippen molar-refractivity contribution in [2.24, 2.45) is 0 Å². The van der Waals surface area contributed by atoms with Crippen LogP contribution in [0.15, 0.2) is 42.5 Å². The lowest BCUT2D eigenvalue weighted by molar-refractivity contribution is -0.138. The van der Waals surface area contributed by atoms with Gasteiger partial charge < -0.3 is 44.6 Å². The van der Waals surface area contributed by atoms with Crippen LogP contribution in [0, 0.1) is 0 Å². The van der Waals surface area contributed by atoms with Crippen molar-refractivity contribution in [3.8, 4) is 11.5 Å². The Balaban J connectivity index is 1.57. The SMILES string of the molecule is CC(=O)N1CCC[C@H]1C(=O)NC(C(=O)N[C@H]1Cc2cccc(C(=O)O)c2OB1O)c1ccc(OP(O)O)cc1. The average Bonchev–Trinajstić information content (AvgIpc) is 3.38. The van der Waals surface area contributed by atoms with Gasteiger partial charge in [0.05, 0.1) is 11.5 Å². The van der Waals surface area contributed by atoms with Crippen molar-refractivity contribution >= 4 is 39.4 Å². The second-order valence-corrected chi connectivity index (χ2v) is 9.84. The van der Waals surface area contributed by atoms with Gasteiger partial charge in [-0.3, -0.25) is 14.4 Å². The maximum atomic E-state index is 13.5. The van der Waals surface area contributed by atoms with Crippen LogP contribution in [0.1, 0.15) is 47.3 Å². The molecule has 2 heterocycles. The fourth-order valence-corrected chi connectivity index (χ4v) is 5.06. The Bertz CT molecular complexity index is 1260. The van der Waals surface area contributed by atoms with E-state index in [2.05, 4.69) is 10.6 Å². The molecule has 4 rings (SSSR count). The van der Waals surface area contributed by atoms with E-state index in [0.717, 1.165) is 0 Å². The number of aromatic carboxylic acids is 1. The van der Waals surface area contributed by atoms with Crippen molar-refractivity contribution < 1.29 is 48.3 Å². The van der Waals surface area contributed by atoms with Crippen LogP contribution in [-0.2, 0) is 20.8 Å². The van der Waals surface area contributed by atoms with Crippen LogP contribution in [0.5, 0.6) is 11.5 Å². The van der Waals surface area contributed by atoms with Gasteiger partial charge in [-0.25, -0.2) is 4.79 Å². The van der Waals surface area contributed by atoms with Crippen molar-refractivity contribution in [1.82, 2.24) is 15.5 Å². The smallest absolute Gasteiger partial charge is 0.534 e. The van der Waals surface area contributed by atoms with Crippen LogP contribution in [0.25, 0.3) is 0 Å². The van der Waals surface area contributed by atoms with Crippen LogP contribution < -0.4 is 19.8 Å². The molecule has 2 aromatic carbocycles. The number of rotatable bonds is 8. The monoisotopic (exact) mass is 559 g/mol. The van der Waals surface area contributed by atoms with Crippen molar-refractivity contribution in [3.63, 3.8) is 0 Å². The molecule has 0 spiro atoms. The van der Waals surface area contributed by atoms with Gasteiger partial charge in [-0.15, -0.1) is 0 Å². The minimum absolute atomic E-state index is 0.0155. The molecule has 3 atom stereocenters. The predicted molar refractivity (Wildman–Crippen MR) is 137 cm³/mol. The molecule has 1 saturated heterocycles. The minimum atomic E-state index is -2.66. The highest BCUT2D eigenvalue weighted by atomic mass is 31.2. The Morgan fingerprint density at radius 1 is 1.15 bits per heavy atom. The Morgan fingerprint density at radius 2 is 1.87 bits per heavy atom. The molecule has 3 amide bonds. The number of amides is 3. The Hall–Kier alpha value is -3.71. The summed E-state index contributed by atoms with van der Waals surface area (Å²) in [5, 5.41) is 25.3. The molecule has 2 aliphatic rings. The first-order valence-electron chi connectivity index (χ1n) is 12.1. The normalized spacial score (nSPS) is 19.1. The number of fused-ring (bicyclic) bond motifs is 1. The number of carbonyl (C=O) groups is 4. The molecule has 0 radical (unpaired) electrons. The van der Waals surface area contributed by atoms with E-state index in [1.54, 1.807) is 6.07 Å². The van der Waals surface area contributed by atoms with Crippen molar-refractivity contribution in [1.29, 1.82) is 0 Å². The Morgan fingerprint density at radius 3 is 2.51 bits per heavy atom. The van der Waals surface area contributed by atoms with E-state index in [0.29, 0.717) is 30.5 Å². The Kier molecular flexibility index (Phi) is 8.71. The molecule has 206 valence electrons. The molecule has 6 N–H and O–H groups in total. The van der Waals surface area contributed by atoms with Gasteiger partial charge >= 0.3 is 21.7 Å². The number of hydrogen-bond acceptors (Lipinski definition) is 9. The summed E-state index contributed by atoms with van der Waals surface area (Å²) < 4.78 is 10.3. The lowest BCUT2D eigenvalue weighted by Gasteiger charge is -2.31. The second-order valence-electron chi connectivity index (χ2n) is 9.15. The van der Waals surface area contributed by atoms with E-state index in [-0.39, 0.29) is 29.4 Å². The molecule has 0 bridgehead atoms. The van der Waals surface area contributed by atoms with Crippen molar-refractivity contribution in [2.45, 2.75) is 44.2 Å². The topological polar surface area (TPSA) is 195 Å². The third kappa shape index (κ3) is 6.48. The maximum Gasteiger partial charge on any atom is 0.547 e. The summed E-state index contributed by atoms with van der Waals surface area (Å²) in [6.45, 7) is 1.79. The van der Waals surface area contributed by atoms with Gasteiger partial charge in [0, 0.05) is 13.5 Å². The molecule has 39 heavy (non-hydrogen) atoms. The van der Waals surface area contributed by atoms with Gasteiger partial charge in [0.1, 0.15) is 23.6 Å². The molecule has 2 aliphatic heterocycles. The van der Waals surface area contributed by atoms with E-state index < -0.39 is 51.5 Å². The summed E-state index contributed by atoms with van der Waals surface area (Å²) in [4.78, 5) is 69.8. The van der Waals surface area contributed by atoms with E-state index >= 15 is 0 Å². The highest BCUT2D eigenvalue weighted by Gasteiger charge is 2.40. The summed E-state index contributed by atoms with van der Waals surface area (Å²) >= 11 is 0. The average molecular weight is 559 g/mol. The fraction of sp³-hybridized carbons (Fsp3) is 0.333. The number of likely N-dealkylation sites (tertiary alicyclic amines) is 1. The number of carbonyl (C=O) groups excluding carboxylic acids is 3. The van der Waals surface area contributed by atoms with E-state index in [9.17, 15) is 29.3 Å². The van der Waals surface area contributed by atoms with Gasteiger partial charge in [0.15, 0.2) is 0 Å². The van der Waals surface area contributed by atoms with Crippen LogP contribution in [-0.4, -0.2) is 74.2 Å². The number of carboxylic acid groups (broad SMARTS) is 1. The van der Waals surface area contributed by atoms with Crippen LogP contribution in [0.2, 0.25) is 0 Å². The van der Waals surface area contributed by atoms with Gasteiger partial charge in [-0.2, -0.15) is 0 Å². The highest BCUT2D eigenvalue weighted by Crippen LogP contribution is 2.32. The highest BCUT2D eigenvalue weighted by molar-refractivity contribution is 7.39. The molecule has 0 aromatic heterocycles. The molecule has 1 fully saturated rings. The predicted octanol–water partition coefficient (Wildman–Crippen LogP) is 0.283. The zero-order chi connectivity index (χ0) is 28.3. The van der Waals surface area contributed by atoms with E-state index in [1.165, 1.54) is 48.2 Å².